The highest BCUT2D eigenvalue weighted by Crippen LogP contribution is 2.30. The first-order valence-electron chi connectivity index (χ1n) is 10.1. The van der Waals surface area contributed by atoms with Crippen molar-refractivity contribution in [3.05, 3.63) is 17.3 Å². The molecule has 2 unspecified atom stereocenters. The zero-order valence-electron chi connectivity index (χ0n) is 16.6. The summed E-state index contributed by atoms with van der Waals surface area (Å²) in [6, 6.07) is 2.12. The summed E-state index contributed by atoms with van der Waals surface area (Å²) in [7, 11) is 1.75. The minimum Gasteiger partial charge on any atom is -0.496 e. The topological polar surface area (TPSA) is 43.4 Å². The average Bonchev–Trinajstić information content (AvgIpc) is 2.65. The molecule has 1 aromatic heterocycles. The lowest BCUT2D eigenvalue weighted by molar-refractivity contribution is 0.0328. The zero-order valence-corrected chi connectivity index (χ0v) is 16.6. The molecule has 0 aliphatic carbocycles. The molecule has 4 heteroatoms. The van der Waals surface area contributed by atoms with Crippen molar-refractivity contribution in [1.82, 2.24) is 4.98 Å². The molecule has 1 aliphatic rings. The maximum absolute atomic E-state index is 6.08. The van der Waals surface area contributed by atoms with Crippen LogP contribution < -0.4 is 10.1 Å². The third-order valence-corrected chi connectivity index (χ3v) is 5.25. The molecule has 0 saturated carbocycles. The molecule has 0 saturated heterocycles. The van der Waals surface area contributed by atoms with Gasteiger partial charge < -0.3 is 14.8 Å². The monoisotopic (exact) mass is 348 g/mol. The van der Waals surface area contributed by atoms with Crippen molar-refractivity contribution in [2.75, 3.05) is 25.6 Å². The number of rotatable bonds is 11. The second-order valence-electron chi connectivity index (χ2n) is 7.28. The van der Waals surface area contributed by atoms with Crippen LogP contribution in [0.25, 0.3) is 0 Å². The van der Waals surface area contributed by atoms with Gasteiger partial charge in [-0.15, -0.1) is 0 Å². The van der Waals surface area contributed by atoms with Crippen LogP contribution in [0.1, 0.15) is 70.6 Å². The van der Waals surface area contributed by atoms with Crippen LogP contribution in [0.4, 0.5) is 5.82 Å². The molecule has 2 heterocycles. The standard InChI is InChI=1S/C21H36N2O2/c1-5-16(3)14-18(6-2)25-13-8-7-10-17-15-20(24-4)19-11-9-12-22-21(19)23-17/h15-16,18H,5-14H2,1-4H3,(H,22,23). The second kappa shape index (κ2) is 10.6. The highest BCUT2D eigenvalue weighted by Gasteiger charge is 2.16. The maximum Gasteiger partial charge on any atom is 0.133 e. The molecule has 0 aromatic carbocycles. The number of ether oxygens (including phenoxy) is 2. The van der Waals surface area contributed by atoms with E-state index in [0.29, 0.717) is 6.10 Å². The van der Waals surface area contributed by atoms with Crippen molar-refractivity contribution < 1.29 is 9.47 Å². The molecule has 142 valence electrons. The first-order valence-corrected chi connectivity index (χ1v) is 10.1. The van der Waals surface area contributed by atoms with E-state index < -0.39 is 0 Å². The number of anilines is 1. The molecular formula is C21H36N2O2. The van der Waals surface area contributed by atoms with Gasteiger partial charge in [0.25, 0.3) is 0 Å². The number of pyridine rings is 1. The highest BCUT2D eigenvalue weighted by atomic mass is 16.5. The Labute approximate surface area is 153 Å². The van der Waals surface area contributed by atoms with E-state index in [1.54, 1.807) is 7.11 Å². The molecule has 1 aromatic rings. The summed E-state index contributed by atoms with van der Waals surface area (Å²) in [6.45, 7) is 8.66. The van der Waals surface area contributed by atoms with E-state index in [1.807, 2.05) is 0 Å². The van der Waals surface area contributed by atoms with Crippen LogP contribution in [-0.2, 0) is 17.6 Å². The third-order valence-electron chi connectivity index (χ3n) is 5.25. The summed E-state index contributed by atoms with van der Waals surface area (Å²) in [5.41, 5.74) is 2.35. The van der Waals surface area contributed by atoms with Gasteiger partial charge in [-0.05, 0) is 50.9 Å². The fourth-order valence-electron chi connectivity index (χ4n) is 3.39. The fourth-order valence-corrected chi connectivity index (χ4v) is 3.39. The van der Waals surface area contributed by atoms with Crippen LogP contribution in [0.2, 0.25) is 0 Å². The maximum atomic E-state index is 6.08. The lowest BCUT2D eigenvalue weighted by atomic mass is 10.00. The number of hydrogen-bond acceptors (Lipinski definition) is 4. The van der Waals surface area contributed by atoms with Gasteiger partial charge in [0, 0.05) is 30.5 Å². The van der Waals surface area contributed by atoms with Crippen molar-refractivity contribution in [1.29, 1.82) is 0 Å². The second-order valence-corrected chi connectivity index (χ2v) is 7.28. The lowest BCUT2D eigenvalue weighted by Crippen LogP contribution is -2.16. The van der Waals surface area contributed by atoms with E-state index in [1.165, 1.54) is 18.4 Å². The SMILES string of the molecule is CCC(C)CC(CC)OCCCCc1cc(OC)c2c(n1)NCCC2. The van der Waals surface area contributed by atoms with E-state index in [-0.39, 0.29) is 0 Å². The smallest absolute Gasteiger partial charge is 0.133 e. The molecule has 1 aliphatic heterocycles. The fraction of sp³-hybridized carbons (Fsp3) is 0.762. The number of unbranched alkanes of at least 4 members (excludes halogenated alkanes) is 1. The molecule has 0 bridgehead atoms. The summed E-state index contributed by atoms with van der Waals surface area (Å²) in [5, 5.41) is 3.41. The minimum absolute atomic E-state index is 0.418. The molecule has 0 amide bonds. The van der Waals surface area contributed by atoms with E-state index in [2.05, 4.69) is 32.2 Å². The predicted molar refractivity (Wildman–Crippen MR) is 105 cm³/mol. The van der Waals surface area contributed by atoms with E-state index in [0.717, 1.165) is 74.9 Å². The van der Waals surface area contributed by atoms with Gasteiger partial charge in [0.05, 0.1) is 13.2 Å². The van der Waals surface area contributed by atoms with Crippen molar-refractivity contribution in [3.8, 4) is 5.75 Å². The zero-order chi connectivity index (χ0) is 18.1. The summed E-state index contributed by atoms with van der Waals surface area (Å²) >= 11 is 0. The number of nitrogens with zero attached hydrogens (tertiary/aromatic N) is 1. The molecule has 0 fully saturated rings. The minimum atomic E-state index is 0.418. The first kappa shape index (κ1) is 20.0. The first-order chi connectivity index (χ1) is 12.2. The Balaban J connectivity index is 1.76. The van der Waals surface area contributed by atoms with Crippen LogP contribution in [0, 0.1) is 5.92 Å². The summed E-state index contributed by atoms with van der Waals surface area (Å²) in [6.07, 6.45) is 9.33. The van der Waals surface area contributed by atoms with Crippen molar-refractivity contribution in [3.63, 3.8) is 0 Å². The average molecular weight is 349 g/mol. The Bertz CT molecular complexity index is 502. The third kappa shape index (κ3) is 6.18. The van der Waals surface area contributed by atoms with E-state index in [9.17, 15) is 0 Å². The number of methoxy groups -OCH3 is 1. The van der Waals surface area contributed by atoms with Crippen LogP contribution in [0.5, 0.6) is 5.75 Å². The van der Waals surface area contributed by atoms with E-state index in [4.69, 9.17) is 14.5 Å². The highest BCUT2D eigenvalue weighted by molar-refractivity contribution is 5.54. The Morgan fingerprint density at radius 1 is 1.24 bits per heavy atom. The molecule has 0 spiro atoms. The number of hydrogen-bond donors (Lipinski definition) is 1. The van der Waals surface area contributed by atoms with Gasteiger partial charge >= 0.3 is 0 Å². The van der Waals surface area contributed by atoms with E-state index >= 15 is 0 Å². The van der Waals surface area contributed by atoms with Gasteiger partial charge in [0.1, 0.15) is 11.6 Å². The molecule has 0 radical (unpaired) electrons. The van der Waals surface area contributed by atoms with Crippen LogP contribution in [-0.4, -0.2) is 31.3 Å². The summed E-state index contributed by atoms with van der Waals surface area (Å²) in [4.78, 5) is 4.79. The molecule has 25 heavy (non-hydrogen) atoms. The number of nitrogens with one attached hydrogen (secondary N) is 1. The van der Waals surface area contributed by atoms with Gasteiger partial charge in [-0.25, -0.2) is 4.98 Å². The number of fused-ring (bicyclic) bond motifs is 1. The Hall–Kier alpha value is -1.29. The number of aromatic nitrogens is 1. The largest absolute Gasteiger partial charge is 0.496 e. The van der Waals surface area contributed by atoms with Gasteiger partial charge in [-0.2, -0.15) is 0 Å². The molecular weight excluding hydrogens is 312 g/mol. The van der Waals surface area contributed by atoms with Crippen molar-refractivity contribution >= 4 is 5.82 Å². The van der Waals surface area contributed by atoms with Gasteiger partial charge in [0.15, 0.2) is 0 Å². The predicted octanol–water partition coefficient (Wildman–Crippen LogP) is 5.00. The summed E-state index contributed by atoms with van der Waals surface area (Å²) in [5.74, 6) is 2.77. The van der Waals surface area contributed by atoms with Crippen LogP contribution >= 0.6 is 0 Å². The Morgan fingerprint density at radius 3 is 2.80 bits per heavy atom. The molecule has 1 N–H and O–H groups in total. The molecule has 2 rings (SSSR count). The summed E-state index contributed by atoms with van der Waals surface area (Å²) < 4.78 is 11.6. The van der Waals surface area contributed by atoms with Crippen LogP contribution in [0.3, 0.4) is 0 Å². The van der Waals surface area contributed by atoms with Gasteiger partial charge in [-0.1, -0.05) is 27.2 Å². The molecule has 4 nitrogen and oxygen atoms in total. The Morgan fingerprint density at radius 2 is 2.08 bits per heavy atom. The van der Waals surface area contributed by atoms with Gasteiger partial charge in [-0.3, -0.25) is 0 Å². The lowest BCUT2D eigenvalue weighted by Gasteiger charge is -2.21. The van der Waals surface area contributed by atoms with Gasteiger partial charge in [0.2, 0.25) is 0 Å². The van der Waals surface area contributed by atoms with Crippen molar-refractivity contribution in [2.45, 2.75) is 78.2 Å². The normalized spacial score (nSPS) is 16.0. The molecule has 2 atom stereocenters. The quantitative estimate of drug-likeness (QED) is 0.571. The van der Waals surface area contributed by atoms with Crippen LogP contribution in [0.15, 0.2) is 6.07 Å². The Kier molecular flexibility index (Phi) is 8.53. The number of aryl methyl sites for hydroxylation is 1. The van der Waals surface area contributed by atoms with Crippen molar-refractivity contribution in [2.24, 2.45) is 5.92 Å².